The monoisotopic (exact) mass is 547 g/mol. The summed E-state index contributed by atoms with van der Waals surface area (Å²) in [5, 5.41) is 38.2. The molecule has 4 rings (SSSR count). The summed E-state index contributed by atoms with van der Waals surface area (Å²) in [6.07, 6.45) is 3.96. The van der Waals surface area contributed by atoms with Crippen LogP contribution in [0.1, 0.15) is 42.5 Å². The van der Waals surface area contributed by atoms with Crippen molar-refractivity contribution in [3.8, 4) is 11.5 Å². The van der Waals surface area contributed by atoms with Gasteiger partial charge >= 0.3 is 17.9 Å². The number of aliphatic hydroxyl groups is 1. The van der Waals surface area contributed by atoms with E-state index in [-0.39, 0.29) is 0 Å². The Bertz CT molecular complexity index is 1170. The molecule has 0 saturated carbocycles. The number of rotatable bonds is 12. The van der Waals surface area contributed by atoms with E-state index in [1.165, 1.54) is 11.1 Å². The van der Waals surface area contributed by atoms with Crippen molar-refractivity contribution < 1.29 is 49.0 Å². The SMILES string of the molecule is C=Cn1ncc(CN(Cc2ccc3c(c2)OCO3)CC2CCCO2)c1C.O=C(O)CC(O)(CC(=O)O)C(=O)O. The molecule has 13 heteroatoms. The number of carbonyl (C=O) groups is 3. The highest BCUT2D eigenvalue weighted by Gasteiger charge is 2.40. The average Bonchev–Trinajstić information content (AvgIpc) is 3.60. The van der Waals surface area contributed by atoms with Gasteiger partial charge in [-0.05, 0) is 37.5 Å². The standard InChI is InChI=1S/C20H25N3O3.C6H8O7/c1-3-23-15(2)17(10-21-23)12-22(13-18-5-4-8-24-18)11-16-6-7-19-20(9-16)26-14-25-19;7-3(8)1-6(13,5(11)12)2-4(9)10/h3,6-7,9-10,18H,1,4-5,8,11-14H2,2H3;13H,1-2H2,(H,7,8)(H,9,10)(H,11,12). The van der Waals surface area contributed by atoms with Gasteiger partial charge in [-0.1, -0.05) is 12.6 Å². The van der Waals surface area contributed by atoms with Crippen molar-refractivity contribution >= 4 is 24.1 Å². The van der Waals surface area contributed by atoms with E-state index in [0.29, 0.717) is 12.9 Å². The highest BCUT2D eigenvalue weighted by atomic mass is 16.7. The maximum absolute atomic E-state index is 10.3. The lowest BCUT2D eigenvalue weighted by Crippen LogP contribution is -2.42. The van der Waals surface area contributed by atoms with Crippen molar-refractivity contribution in [1.29, 1.82) is 0 Å². The van der Waals surface area contributed by atoms with E-state index in [2.05, 4.69) is 35.6 Å². The Morgan fingerprint density at radius 3 is 2.41 bits per heavy atom. The molecule has 0 spiro atoms. The van der Waals surface area contributed by atoms with Gasteiger partial charge < -0.3 is 34.6 Å². The molecule has 2 aromatic rings. The molecule has 0 aliphatic carbocycles. The third kappa shape index (κ3) is 8.27. The summed E-state index contributed by atoms with van der Waals surface area (Å²) in [7, 11) is 0. The van der Waals surface area contributed by atoms with E-state index in [4.69, 9.17) is 34.6 Å². The Hall–Kier alpha value is -3.94. The van der Waals surface area contributed by atoms with E-state index in [0.717, 1.165) is 56.3 Å². The zero-order valence-corrected chi connectivity index (χ0v) is 21.6. The highest BCUT2D eigenvalue weighted by Crippen LogP contribution is 2.33. The van der Waals surface area contributed by atoms with Crippen molar-refractivity contribution in [2.45, 2.75) is 57.4 Å². The molecule has 4 N–H and O–H groups in total. The van der Waals surface area contributed by atoms with Crippen LogP contribution in [0.2, 0.25) is 0 Å². The number of hydrogen-bond donors (Lipinski definition) is 4. The van der Waals surface area contributed by atoms with Gasteiger partial charge in [0.1, 0.15) is 0 Å². The van der Waals surface area contributed by atoms with Crippen molar-refractivity contribution in [3.05, 3.63) is 47.8 Å². The minimum atomic E-state index is -2.74. The Labute approximate surface area is 224 Å². The first-order valence-corrected chi connectivity index (χ1v) is 12.3. The number of carboxylic acids is 3. The van der Waals surface area contributed by atoms with Gasteiger partial charge in [0, 0.05) is 43.7 Å². The fourth-order valence-electron chi connectivity index (χ4n) is 4.31. The lowest BCUT2D eigenvalue weighted by molar-refractivity contribution is -0.170. The van der Waals surface area contributed by atoms with E-state index < -0.39 is 36.4 Å². The molecule has 0 radical (unpaired) electrons. The van der Waals surface area contributed by atoms with Crippen LogP contribution < -0.4 is 9.47 Å². The topological polar surface area (TPSA) is 181 Å². The molecular weight excluding hydrogens is 514 g/mol. The van der Waals surface area contributed by atoms with Crippen LogP contribution in [-0.2, 0) is 32.2 Å². The summed E-state index contributed by atoms with van der Waals surface area (Å²) in [5.74, 6) is -3.37. The van der Waals surface area contributed by atoms with Gasteiger partial charge in [0.15, 0.2) is 17.1 Å². The van der Waals surface area contributed by atoms with E-state index in [9.17, 15) is 14.4 Å². The molecule has 1 aromatic carbocycles. The quantitative estimate of drug-likeness (QED) is 0.304. The molecule has 13 nitrogen and oxygen atoms in total. The van der Waals surface area contributed by atoms with Gasteiger partial charge in [-0.15, -0.1) is 0 Å². The number of hydrogen-bond acceptors (Lipinski definition) is 9. The predicted molar refractivity (Wildman–Crippen MR) is 136 cm³/mol. The summed E-state index contributed by atoms with van der Waals surface area (Å²) in [6, 6.07) is 6.17. The van der Waals surface area contributed by atoms with Gasteiger partial charge in [-0.25, -0.2) is 9.48 Å². The normalized spacial score (nSPS) is 16.0. The van der Waals surface area contributed by atoms with E-state index >= 15 is 0 Å². The number of nitrogens with zero attached hydrogens (tertiary/aromatic N) is 3. The largest absolute Gasteiger partial charge is 0.481 e. The number of fused-ring (bicyclic) bond motifs is 1. The van der Waals surface area contributed by atoms with Crippen LogP contribution in [0.3, 0.4) is 0 Å². The minimum absolute atomic E-state index is 0.304. The molecule has 0 amide bonds. The summed E-state index contributed by atoms with van der Waals surface area (Å²) in [5.41, 5.74) is 0.810. The molecule has 39 heavy (non-hydrogen) atoms. The Morgan fingerprint density at radius 2 is 1.85 bits per heavy atom. The first-order chi connectivity index (χ1) is 18.5. The highest BCUT2D eigenvalue weighted by molar-refractivity contribution is 5.88. The molecule has 1 atom stereocenters. The maximum Gasteiger partial charge on any atom is 0.336 e. The molecule has 1 saturated heterocycles. The van der Waals surface area contributed by atoms with Crippen LogP contribution in [0.15, 0.2) is 31.0 Å². The van der Waals surface area contributed by atoms with Gasteiger partial charge in [0.2, 0.25) is 6.79 Å². The van der Waals surface area contributed by atoms with Crippen molar-refractivity contribution in [1.82, 2.24) is 14.7 Å². The smallest absolute Gasteiger partial charge is 0.336 e. The number of benzene rings is 1. The predicted octanol–water partition coefficient (Wildman–Crippen LogP) is 1.95. The van der Waals surface area contributed by atoms with Crippen molar-refractivity contribution in [2.24, 2.45) is 0 Å². The van der Waals surface area contributed by atoms with Crippen LogP contribution in [-0.4, -0.2) is 84.7 Å². The summed E-state index contributed by atoms with van der Waals surface area (Å²) >= 11 is 0. The van der Waals surface area contributed by atoms with Crippen molar-refractivity contribution in [2.75, 3.05) is 19.9 Å². The number of carboxylic acid groups (broad SMARTS) is 3. The second-order valence-electron chi connectivity index (χ2n) is 9.35. The fraction of sp³-hybridized carbons (Fsp3) is 0.462. The Balaban J connectivity index is 0.000000276. The van der Waals surface area contributed by atoms with Gasteiger partial charge in [0.05, 0.1) is 25.1 Å². The first-order valence-electron chi connectivity index (χ1n) is 12.3. The van der Waals surface area contributed by atoms with Gasteiger partial charge in [-0.2, -0.15) is 5.10 Å². The van der Waals surface area contributed by atoms with Crippen LogP contribution in [0.4, 0.5) is 0 Å². The molecule has 1 fully saturated rings. The summed E-state index contributed by atoms with van der Waals surface area (Å²) in [6.45, 7) is 9.63. The summed E-state index contributed by atoms with van der Waals surface area (Å²) < 4.78 is 18.6. The molecule has 3 heterocycles. The maximum atomic E-state index is 10.3. The second kappa shape index (κ2) is 13.2. The molecular formula is C26H33N3O10. The van der Waals surface area contributed by atoms with Crippen LogP contribution in [0, 0.1) is 6.92 Å². The molecule has 212 valence electrons. The Morgan fingerprint density at radius 1 is 1.15 bits per heavy atom. The molecule has 1 aromatic heterocycles. The van der Waals surface area contributed by atoms with Gasteiger partial charge in [-0.3, -0.25) is 14.5 Å². The van der Waals surface area contributed by atoms with Gasteiger partial charge in [0.25, 0.3) is 0 Å². The zero-order chi connectivity index (χ0) is 28.6. The third-order valence-electron chi connectivity index (χ3n) is 6.33. The second-order valence-corrected chi connectivity index (χ2v) is 9.35. The van der Waals surface area contributed by atoms with Crippen LogP contribution in [0.25, 0.3) is 6.20 Å². The molecule has 2 aliphatic heterocycles. The lowest BCUT2D eigenvalue weighted by Gasteiger charge is -2.25. The van der Waals surface area contributed by atoms with E-state index in [1.54, 1.807) is 6.20 Å². The molecule has 1 unspecified atom stereocenters. The lowest BCUT2D eigenvalue weighted by atomic mass is 9.96. The fourth-order valence-corrected chi connectivity index (χ4v) is 4.31. The van der Waals surface area contributed by atoms with E-state index in [1.807, 2.05) is 16.9 Å². The minimum Gasteiger partial charge on any atom is -0.481 e. The Kier molecular flexibility index (Phi) is 10.0. The number of ether oxygens (including phenoxy) is 3. The average molecular weight is 548 g/mol. The third-order valence-corrected chi connectivity index (χ3v) is 6.33. The number of aromatic nitrogens is 2. The first kappa shape index (κ1) is 29.6. The zero-order valence-electron chi connectivity index (χ0n) is 21.6. The molecule has 0 bridgehead atoms. The van der Waals surface area contributed by atoms with Crippen LogP contribution >= 0.6 is 0 Å². The van der Waals surface area contributed by atoms with Crippen LogP contribution in [0.5, 0.6) is 11.5 Å². The number of aliphatic carboxylic acids is 3. The summed E-state index contributed by atoms with van der Waals surface area (Å²) in [4.78, 5) is 32.9. The van der Waals surface area contributed by atoms with Crippen molar-refractivity contribution in [3.63, 3.8) is 0 Å². The molecule has 2 aliphatic rings.